The summed E-state index contributed by atoms with van der Waals surface area (Å²) in [5.74, 6) is -0.0186. The van der Waals surface area contributed by atoms with E-state index >= 15 is 0 Å². The van der Waals surface area contributed by atoms with Gasteiger partial charge in [-0.2, -0.15) is 0 Å². The highest BCUT2D eigenvalue weighted by molar-refractivity contribution is 7.22. The number of carbonyl (C=O) groups excluding carboxylic acids is 1. The number of amides is 1. The van der Waals surface area contributed by atoms with Crippen molar-refractivity contribution in [3.8, 4) is 11.1 Å². The molecule has 3 aromatic carbocycles. The Morgan fingerprint density at radius 3 is 2.26 bits per heavy atom. The number of fused-ring (bicyclic) bond motifs is 1. The van der Waals surface area contributed by atoms with Gasteiger partial charge in [-0.05, 0) is 68.4 Å². The van der Waals surface area contributed by atoms with Crippen LogP contribution in [0, 0.1) is 13.8 Å². The van der Waals surface area contributed by atoms with Crippen LogP contribution in [-0.2, 0) is 0 Å². The molecular weight excluding hydrogens is 402 g/mol. The summed E-state index contributed by atoms with van der Waals surface area (Å²) in [6.07, 6.45) is 0. The summed E-state index contributed by atoms with van der Waals surface area (Å²) in [7, 11) is 4.03. The van der Waals surface area contributed by atoms with Crippen LogP contribution >= 0.6 is 11.3 Å². The van der Waals surface area contributed by atoms with E-state index in [-0.39, 0.29) is 5.91 Å². The van der Waals surface area contributed by atoms with Crippen LogP contribution in [0.15, 0.2) is 66.7 Å². The van der Waals surface area contributed by atoms with Crippen LogP contribution in [0.3, 0.4) is 0 Å². The summed E-state index contributed by atoms with van der Waals surface area (Å²) < 4.78 is 1.12. The number of aromatic nitrogens is 1. The molecule has 158 valence electrons. The van der Waals surface area contributed by atoms with Crippen molar-refractivity contribution in [3.63, 3.8) is 0 Å². The highest BCUT2D eigenvalue weighted by Crippen LogP contribution is 2.32. The Morgan fingerprint density at radius 2 is 1.58 bits per heavy atom. The van der Waals surface area contributed by atoms with E-state index < -0.39 is 0 Å². The first kappa shape index (κ1) is 21.2. The monoisotopic (exact) mass is 429 g/mol. The fraction of sp³-hybridized carbons (Fsp3) is 0.231. The van der Waals surface area contributed by atoms with E-state index in [1.54, 1.807) is 11.3 Å². The molecule has 0 unspecified atom stereocenters. The number of hydrogen-bond acceptors (Lipinski definition) is 4. The number of aryl methyl sites for hydroxylation is 2. The van der Waals surface area contributed by atoms with Crippen molar-refractivity contribution in [1.82, 2.24) is 9.88 Å². The van der Waals surface area contributed by atoms with E-state index in [1.165, 1.54) is 5.56 Å². The molecule has 0 saturated carbocycles. The summed E-state index contributed by atoms with van der Waals surface area (Å²) in [4.78, 5) is 22.3. The van der Waals surface area contributed by atoms with Gasteiger partial charge in [-0.15, -0.1) is 0 Å². The maximum atomic E-state index is 13.5. The summed E-state index contributed by atoms with van der Waals surface area (Å²) >= 11 is 1.58. The van der Waals surface area contributed by atoms with Gasteiger partial charge in [0.25, 0.3) is 5.91 Å². The van der Waals surface area contributed by atoms with Crippen molar-refractivity contribution in [1.29, 1.82) is 0 Å². The first-order chi connectivity index (χ1) is 14.9. The Bertz CT molecular complexity index is 1200. The Morgan fingerprint density at radius 1 is 0.903 bits per heavy atom. The van der Waals surface area contributed by atoms with Crippen molar-refractivity contribution >= 4 is 32.6 Å². The molecule has 1 amide bonds. The highest BCUT2D eigenvalue weighted by atomic mass is 32.1. The van der Waals surface area contributed by atoms with Crippen LogP contribution in [0.4, 0.5) is 5.13 Å². The van der Waals surface area contributed by atoms with Gasteiger partial charge in [0.15, 0.2) is 5.13 Å². The van der Waals surface area contributed by atoms with Gasteiger partial charge in [-0.1, -0.05) is 59.9 Å². The molecule has 0 spiro atoms. The molecule has 4 rings (SSSR count). The molecule has 0 radical (unpaired) electrons. The fourth-order valence-electron chi connectivity index (χ4n) is 3.65. The third-order valence-corrected chi connectivity index (χ3v) is 6.33. The van der Waals surface area contributed by atoms with E-state index in [2.05, 4.69) is 43.0 Å². The van der Waals surface area contributed by atoms with Crippen molar-refractivity contribution in [2.24, 2.45) is 0 Å². The van der Waals surface area contributed by atoms with Crippen LogP contribution in [0.25, 0.3) is 21.3 Å². The minimum atomic E-state index is -0.0186. The molecule has 1 heterocycles. The second kappa shape index (κ2) is 9.00. The Balaban J connectivity index is 1.67. The lowest BCUT2D eigenvalue weighted by molar-refractivity contribution is 0.0985. The van der Waals surface area contributed by atoms with Gasteiger partial charge in [-0.3, -0.25) is 9.69 Å². The minimum Gasteiger partial charge on any atom is -0.308 e. The van der Waals surface area contributed by atoms with E-state index in [9.17, 15) is 4.79 Å². The summed E-state index contributed by atoms with van der Waals surface area (Å²) in [5.41, 5.74) is 6.25. The number of nitrogens with zero attached hydrogens (tertiary/aromatic N) is 3. The topological polar surface area (TPSA) is 36.4 Å². The third kappa shape index (κ3) is 4.68. The van der Waals surface area contributed by atoms with Gasteiger partial charge in [0.1, 0.15) is 0 Å². The average molecular weight is 430 g/mol. The number of likely N-dealkylation sites (N-methyl/N-ethyl adjacent to an activating group) is 1. The molecule has 0 fully saturated rings. The lowest BCUT2D eigenvalue weighted by Crippen LogP contribution is -2.36. The molecule has 0 N–H and O–H groups in total. The summed E-state index contributed by atoms with van der Waals surface area (Å²) in [6, 6.07) is 22.3. The first-order valence-electron chi connectivity index (χ1n) is 10.4. The number of thiazole rings is 1. The summed E-state index contributed by atoms with van der Waals surface area (Å²) in [6.45, 7) is 5.52. The quantitative estimate of drug-likeness (QED) is 0.389. The molecule has 0 atom stereocenters. The van der Waals surface area contributed by atoms with Gasteiger partial charge in [0.2, 0.25) is 0 Å². The molecule has 0 aliphatic carbocycles. The molecule has 0 bridgehead atoms. The Kier molecular flexibility index (Phi) is 6.16. The SMILES string of the molecule is Cc1cc(C)c2nc(N(CCN(C)C)C(=O)c3ccc(-c4ccccc4)cc3)sc2c1. The first-order valence-corrected chi connectivity index (χ1v) is 11.2. The predicted molar refractivity (Wildman–Crippen MR) is 131 cm³/mol. The van der Waals surface area contributed by atoms with Crippen LogP contribution < -0.4 is 4.90 Å². The zero-order valence-electron chi connectivity index (χ0n) is 18.4. The summed E-state index contributed by atoms with van der Waals surface area (Å²) in [5, 5.41) is 0.752. The molecule has 0 aliphatic rings. The van der Waals surface area contributed by atoms with Crippen LogP contribution in [0.2, 0.25) is 0 Å². The van der Waals surface area contributed by atoms with E-state index in [4.69, 9.17) is 4.98 Å². The minimum absolute atomic E-state index is 0.0186. The molecule has 0 saturated heterocycles. The van der Waals surface area contributed by atoms with E-state index in [0.29, 0.717) is 12.1 Å². The van der Waals surface area contributed by atoms with E-state index in [1.807, 2.05) is 61.5 Å². The molecule has 31 heavy (non-hydrogen) atoms. The van der Waals surface area contributed by atoms with Crippen molar-refractivity contribution < 1.29 is 4.79 Å². The number of rotatable bonds is 6. The van der Waals surface area contributed by atoms with E-state index in [0.717, 1.165) is 38.6 Å². The molecule has 5 heteroatoms. The zero-order chi connectivity index (χ0) is 22.0. The average Bonchev–Trinajstić information content (AvgIpc) is 3.18. The predicted octanol–water partition coefficient (Wildman–Crippen LogP) is 5.79. The molecular formula is C26H27N3OS. The van der Waals surface area contributed by atoms with Gasteiger partial charge in [-0.25, -0.2) is 4.98 Å². The highest BCUT2D eigenvalue weighted by Gasteiger charge is 2.22. The van der Waals surface area contributed by atoms with Crippen LogP contribution in [0.1, 0.15) is 21.5 Å². The molecule has 4 nitrogen and oxygen atoms in total. The number of hydrogen-bond donors (Lipinski definition) is 0. The molecule has 0 aliphatic heterocycles. The smallest absolute Gasteiger partial charge is 0.260 e. The molecule has 4 aromatic rings. The normalized spacial score (nSPS) is 11.3. The second-order valence-corrected chi connectivity index (χ2v) is 9.14. The largest absolute Gasteiger partial charge is 0.308 e. The fourth-order valence-corrected chi connectivity index (χ4v) is 4.82. The van der Waals surface area contributed by atoms with Gasteiger partial charge < -0.3 is 4.90 Å². The van der Waals surface area contributed by atoms with Crippen molar-refractivity contribution in [2.75, 3.05) is 32.1 Å². The second-order valence-electron chi connectivity index (χ2n) is 8.13. The van der Waals surface area contributed by atoms with Crippen molar-refractivity contribution in [3.05, 3.63) is 83.4 Å². The van der Waals surface area contributed by atoms with Crippen LogP contribution in [-0.4, -0.2) is 43.0 Å². The van der Waals surface area contributed by atoms with Gasteiger partial charge >= 0.3 is 0 Å². The maximum absolute atomic E-state index is 13.5. The lowest BCUT2D eigenvalue weighted by atomic mass is 10.0. The molecule has 1 aromatic heterocycles. The Labute approximate surface area is 187 Å². The number of anilines is 1. The van der Waals surface area contributed by atoms with Gasteiger partial charge in [0.05, 0.1) is 10.2 Å². The lowest BCUT2D eigenvalue weighted by Gasteiger charge is -2.22. The standard InChI is InChI=1S/C26H27N3OS/c1-18-16-19(2)24-23(17-18)31-26(27-24)29(15-14-28(3)4)25(30)22-12-10-21(11-13-22)20-8-6-5-7-9-20/h5-13,16-17H,14-15H2,1-4H3. The van der Waals surface area contributed by atoms with Crippen molar-refractivity contribution in [2.45, 2.75) is 13.8 Å². The van der Waals surface area contributed by atoms with Crippen LogP contribution in [0.5, 0.6) is 0 Å². The zero-order valence-corrected chi connectivity index (χ0v) is 19.2. The number of benzene rings is 3. The number of carbonyl (C=O) groups is 1. The maximum Gasteiger partial charge on any atom is 0.260 e. The Hall–Kier alpha value is -3.02. The third-order valence-electron chi connectivity index (χ3n) is 5.30. The van der Waals surface area contributed by atoms with Gasteiger partial charge in [0, 0.05) is 18.7 Å².